The van der Waals surface area contributed by atoms with Crippen molar-refractivity contribution in [1.29, 1.82) is 0 Å². The number of para-hydroxylation sites is 1. The molecule has 1 aromatic heterocycles. The third-order valence-corrected chi connectivity index (χ3v) is 5.24. The number of carbonyl (C=O) groups excluding carboxylic acids is 1. The minimum Gasteiger partial charge on any atom is -0.366 e. The van der Waals surface area contributed by atoms with Gasteiger partial charge in [-0.05, 0) is 36.8 Å². The summed E-state index contributed by atoms with van der Waals surface area (Å²) >= 11 is 0. The molecule has 0 radical (unpaired) electrons. The van der Waals surface area contributed by atoms with Gasteiger partial charge >= 0.3 is 0 Å². The van der Waals surface area contributed by atoms with Crippen LogP contribution in [-0.4, -0.2) is 46.5 Å². The molecule has 0 unspecified atom stereocenters. The largest absolute Gasteiger partial charge is 0.366 e. The van der Waals surface area contributed by atoms with Gasteiger partial charge in [0.05, 0.1) is 5.69 Å². The fourth-order valence-electron chi connectivity index (χ4n) is 3.56. The van der Waals surface area contributed by atoms with Crippen molar-refractivity contribution in [2.45, 2.75) is 13.5 Å². The molecule has 1 amide bonds. The van der Waals surface area contributed by atoms with Crippen LogP contribution in [0.15, 0.2) is 60.9 Å². The van der Waals surface area contributed by atoms with E-state index in [2.05, 4.69) is 9.55 Å². The first kappa shape index (κ1) is 18.2. The molecule has 4 rings (SSSR count). The van der Waals surface area contributed by atoms with Crippen molar-refractivity contribution >= 4 is 11.6 Å². The number of benzene rings is 2. The minimum atomic E-state index is -0.217. The highest BCUT2D eigenvalue weighted by molar-refractivity contribution is 5.94. The number of piperazine rings is 1. The smallest absolute Gasteiger partial charge is 0.253 e. The molecule has 2 heterocycles. The van der Waals surface area contributed by atoms with E-state index in [-0.39, 0.29) is 11.7 Å². The highest BCUT2D eigenvalue weighted by Crippen LogP contribution is 2.21. The van der Waals surface area contributed by atoms with Crippen molar-refractivity contribution in [1.82, 2.24) is 14.5 Å². The van der Waals surface area contributed by atoms with Crippen LogP contribution in [-0.2, 0) is 6.54 Å². The van der Waals surface area contributed by atoms with Crippen LogP contribution in [0, 0.1) is 12.7 Å². The molecule has 1 aliphatic rings. The zero-order valence-corrected chi connectivity index (χ0v) is 15.9. The lowest BCUT2D eigenvalue weighted by molar-refractivity contribution is 0.0746. The molecule has 28 heavy (non-hydrogen) atoms. The summed E-state index contributed by atoms with van der Waals surface area (Å²) in [6.07, 6.45) is 3.73. The van der Waals surface area contributed by atoms with Gasteiger partial charge < -0.3 is 14.4 Å². The van der Waals surface area contributed by atoms with Crippen LogP contribution in [0.2, 0.25) is 0 Å². The van der Waals surface area contributed by atoms with E-state index in [0.29, 0.717) is 37.4 Å². The number of aromatic nitrogens is 2. The van der Waals surface area contributed by atoms with Crippen LogP contribution in [0.25, 0.3) is 0 Å². The van der Waals surface area contributed by atoms with Gasteiger partial charge in [-0.2, -0.15) is 0 Å². The molecule has 1 aliphatic heterocycles. The van der Waals surface area contributed by atoms with E-state index in [1.807, 2.05) is 53.3 Å². The van der Waals surface area contributed by atoms with Gasteiger partial charge in [-0.15, -0.1) is 0 Å². The number of nitrogens with zero attached hydrogens (tertiary/aromatic N) is 4. The monoisotopic (exact) mass is 378 g/mol. The fourth-order valence-corrected chi connectivity index (χ4v) is 3.56. The Morgan fingerprint density at radius 2 is 1.75 bits per heavy atom. The predicted octanol–water partition coefficient (Wildman–Crippen LogP) is 3.34. The minimum absolute atomic E-state index is 0.0264. The van der Waals surface area contributed by atoms with Crippen LogP contribution in [0.4, 0.5) is 10.1 Å². The maximum Gasteiger partial charge on any atom is 0.253 e. The number of halogens is 1. The molecular weight excluding hydrogens is 355 g/mol. The zero-order chi connectivity index (χ0) is 19.5. The number of hydrogen-bond acceptors (Lipinski definition) is 3. The van der Waals surface area contributed by atoms with Gasteiger partial charge in [-0.25, -0.2) is 9.37 Å². The molecule has 0 spiro atoms. The summed E-state index contributed by atoms with van der Waals surface area (Å²) in [4.78, 5) is 20.9. The number of aryl methyl sites for hydroxylation is 1. The Bertz CT molecular complexity index is 959. The standard InChI is InChI=1S/C22H23FN4O/c1-17-24-10-11-27(17)16-18-6-8-19(9-7-18)22(28)26-14-12-25(13-15-26)21-5-3-2-4-20(21)23/h2-11H,12-16H2,1H3. The van der Waals surface area contributed by atoms with Gasteiger partial charge in [0.1, 0.15) is 11.6 Å². The Labute approximate surface area is 164 Å². The molecule has 3 aromatic rings. The summed E-state index contributed by atoms with van der Waals surface area (Å²) in [5.41, 5.74) is 2.42. The van der Waals surface area contributed by atoms with Crippen LogP contribution in [0.1, 0.15) is 21.7 Å². The van der Waals surface area contributed by atoms with Gasteiger partial charge in [0.25, 0.3) is 5.91 Å². The Morgan fingerprint density at radius 3 is 2.39 bits per heavy atom. The van der Waals surface area contributed by atoms with Crippen molar-refractivity contribution < 1.29 is 9.18 Å². The van der Waals surface area contributed by atoms with Crippen LogP contribution in [0.5, 0.6) is 0 Å². The maximum absolute atomic E-state index is 14.0. The Balaban J connectivity index is 1.37. The SMILES string of the molecule is Cc1nccn1Cc1ccc(C(=O)N2CCN(c3ccccc3F)CC2)cc1. The van der Waals surface area contributed by atoms with Gasteiger partial charge in [-0.1, -0.05) is 24.3 Å². The molecule has 1 saturated heterocycles. The van der Waals surface area contributed by atoms with Crippen molar-refractivity contribution in [3.05, 3.63) is 83.7 Å². The highest BCUT2D eigenvalue weighted by atomic mass is 19.1. The van der Waals surface area contributed by atoms with Gasteiger partial charge in [0.15, 0.2) is 0 Å². The maximum atomic E-state index is 14.0. The third kappa shape index (κ3) is 3.76. The van der Waals surface area contributed by atoms with Crippen molar-refractivity contribution in [2.75, 3.05) is 31.1 Å². The van der Waals surface area contributed by atoms with E-state index >= 15 is 0 Å². The second-order valence-corrected chi connectivity index (χ2v) is 7.03. The molecule has 0 aliphatic carbocycles. The van der Waals surface area contributed by atoms with Crippen LogP contribution >= 0.6 is 0 Å². The van der Waals surface area contributed by atoms with Crippen LogP contribution < -0.4 is 4.90 Å². The zero-order valence-electron chi connectivity index (χ0n) is 15.9. The summed E-state index contributed by atoms with van der Waals surface area (Å²) < 4.78 is 16.0. The average molecular weight is 378 g/mol. The van der Waals surface area contributed by atoms with E-state index < -0.39 is 0 Å². The highest BCUT2D eigenvalue weighted by Gasteiger charge is 2.23. The molecule has 2 aromatic carbocycles. The van der Waals surface area contributed by atoms with E-state index in [0.717, 1.165) is 17.9 Å². The summed E-state index contributed by atoms with van der Waals surface area (Å²) in [7, 11) is 0. The van der Waals surface area contributed by atoms with Crippen molar-refractivity contribution in [2.24, 2.45) is 0 Å². The second kappa shape index (κ2) is 7.84. The molecule has 1 fully saturated rings. The van der Waals surface area contributed by atoms with E-state index in [1.54, 1.807) is 18.3 Å². The Morgan fingerprint density at radius 1 is 1.04 bits per heavy atom. The van der Waals surface area contributed by atoms with Gasteiger partial charge in [-0.3, -0.25) is 4.79 Å². The molecule has 0 atom stereocenters. The lowest BCUT2D eigenvalue weighted by Crippen LogP contribution is -2.49. The quantitative estimate of drug-likeness (QED) is 0.699. The topological polar surface area (TPSA) is 41.4 Å². The summed E-state index contributed by atoms with van der Waals surface area (Å²) in [5, 5.41) is 0. The Kier molecular flexibility index (Phi) is 5.10. The number of anilines is 1. The molecule has 144 valence electrons. The van der Waals surface area contributed by atoms with Gasteiger partial charge in [0.2, 0.25) is 0 Å². The normalized spacial score (nSPS) is 14.4. The fraction of sp³-hybridized carbons (Fsp3) is 0.273. The molecule has 0 N–H and O–H groups in total. The van der Waals surface area contributed by atoms with E-state index in [1.165, 1.54) is 6.07 Å². The second-order valence-electron chi connectivity index (χ2n) is 7.03. The molecule has 5 nitrogen and oxygen atoms in total. The first-order valence-electron chi connectivity index (χ1n) is 9.47. The first-order valence-corrected chi connectivity index (χ1v) is 9.47. The van der Waals surface area contributed by atoms with E-state index in [9.17, 15) is 9.18 Å². The third-order valence-electron chi connectivity index (χ3n) is 5.24. The number of hydrogen-bond donors (Lipinski definition) is 0. The summed E-state index contributed by atoms with van der Waals surface area (Å²) in [5.74, 6) is 0.775. The molecular formula is C22H23FN4O. The average Bonchev–Trinajstić information content (AvgIpc) is 3.13. The summed E-state index contributed by atoms with van der Waals surface area (Å²) in [6, 6.07) is 14.5. The lowest BCUT2D eigenvalue weighted by Gasteiger charge is -2.36. The molecule has 0 bridgehead atoms. The molecule has 0 saturated carbocycles. The van der Waals surface area contributed by atoms with Crippen molar-refractivity contribution in [3.8, 4) is 0 Å². The summed E-state index contributed by atoms with van der Waals surface area (Å²) in [6.45, 7) is 5.14. The number of imidazole rings is 1. The number of rotatable bonds is 4. The van der Waals surface area contributed by atoms with E-state index in [4.69, 9.17) is 0 Å². The van der Waals surface area contributed by atoms with Gasteiger partial charge in [0, 0.05) is 50.7 Å². The molecule has 6 heteroatoms. The predicted molar refractivity (Wildman–Crippen MR) is 107 cm³/mol. The number of amides is 1. The van der Waals surface area contributed by atoms with Crippen LogP contribution in [0.3, 0.4) is 0 Å². The lowest BCUT2D eigenvalue weighted by atomic mass is 10.1. The number of carbonyl (C=O) groups is 1. The van der Waals surface area contributed by atoms with Crippen molar-refractivity contribution in [3.63, 3.8) is 0 Å². The first-order chi connectivity index (χ1) is 13.6. The Hall–Kier alpha value is -3.15.